The minimum atomic E-state index is -1.08. The average molecular weight is 333 g/mol. The maximum atomic E-state index is 14.2. The van der Waals surface area contributed by atoms with Crippen LogP contribution in [0.4, 0.5) is 8.78 Å². The van der Waals surface area contributed by atoms with Gasteiger partial charge in [0.25, 0.3) is 0 Å². The Bertz CT molecular complexity index is 764. The molecule has 5 heteroatoms. The minimum absolute atomic E-state index is 0.0225. The number of aryl methyl sites for hydroxylation is 3. The summed E-state index contributed by atoms with van der Waals surface area (Å²) < 4.78 is 28.4. The van der Waals surface area contributed by atoms with Crippen molar-refractivity contribution in [3.8, 4) is 11.1 Å². The third-order valence-corrected chi connectivity index (χ3v) is 4.12. The molecule has 0 radical (unpaired) electrons. The normalized spacial score (nSPS) is 12.2. The highest BCUT2D eigenvalue weighted by Crippen LogP contribution is 2.33. The summed E-state index contributed by atoms with van der Waals surface area (Å²) in [5.41, 5.74) is 4.42. The summed E-state index contributed by atoms with van der Waals surface area (Å²) in [7, 11) is 1.53. The highest BCUT2D eigenvalue weighted by molar-refractivity contribution is 5.73. The second kappa shape index (κ2) is 7.09. The molecule has 3 nitrogen and oxygen atoms in total. The van der Waals surface area contributed by atoms with Crippen LogP contribution in [0.1, 0.15) is 34.7 Å². The van der Waals surface area contributed by atoms with Crippen LogP contribution in [0, 0.1) is 32.4 Å². The maximum absolute atomic E-state index is 14.2. The molecule has 0 spiro atoms. The summed E-state index contributed by atoms with van der Waals surface area (Å²) in [6.07, 6.45) is -0.331. The van der Waals surface area contributed by atoms with Gasteiger partial charge in [-0.1, -0.05) is 17.7 Å². The lowest BCUT2D eigenvalue weighted by atomic mass is 9.91. The van der Waals surface area contributed by atoms with Crippen molar-refractivity contribution in [3.05, 3.63) is 58.2 Å². The van der Waals surface area contributed by atoms with Crippen molar-refractivity contribution in [1.29, 1.82) is 0 Å². The monoisotopic (exact) mass is 333 g/mol. The molecule has 0 amide bonds. The van der Waals surface area contributed by atoms with E-state index in [1.807, 2.05) is 32.9 Å². The molecule has 0 saturated heterocycles. The van der Waals surface area contributed by atoms with Gasteiger partial charge in [0.1, 0.15) is 0 Å². The third-order valence-electron chi connectivity index (χ3n) is 4.12. The SMILES string of the molecule is CNC(CC(=O)O)c1cc(-c2c(C)cc(C)cc2C)cc(F)c1F. The molecular formula is C19H21F2NO2. The van der Waals surface area contributed by atoms with Crippen LogP contribution in [0.2, 0.25) is 0 Å². The van der Waals surface area contributed by atoms with E-state index in [9.17, 15) is 13.6 Å². The number of aliphatic carboxylic acids is 1. The number of nitrogens with one attached hydrogen (secondary N) is 1. The predicted molar refractivity (Wildman–Crippen MR) is 90.1 cm³/mol. The highest BCUT2D eigenvalue weighted by Gasteiger charge is 2.22. The van der Waals surface area contributed by atoms with Crippen molar-refractivity contribution < 1.29 is 18.7 Å². The van der Waals surface area contributed by atoms with Crippen LogP contribution in [0.25, 0.3) is 11.1 Å². The molecular weight excluding hydrogens is 312 g/mol. The molecule has 2 aromatic carbocycles. The predicted octanol–water partition coefficient (Wildman–Crippen LogP) is 4.29. The molecule has 0 aliphatic heterocycles. The molecule has 2 N–H and O–H groups in total. The number of carbonyl (C=O) groups is 1. The van der Waals surface area contributed by atoms with E-state index in [0.717, 1.165) is 28.3 Å². The number of hydrogen-bond donors (Lipinski definition) is 2. The van der Waals surface area contributed by atoms with Gasteiger partial charge >= 0.3 is 5.97 Å². The van der Waals surface area contributed by atoms with Crippen LogP contribution in [-0.4, -0.2) is 18.1 Å². The summed E-state index contributed by atoms with van der Waals surface area (Å²) in [6.45, 7) is 5.82. The Morgan fingerprint density at radius 2 is 1.71 bits per heavy atom. The fourth-order valence-corrected chi connectivity index (χ4v) is 3.19. The lowest BCUT2D eigenvalue weighted by Gasteiger charge is -2.19. The third kappa shape index (κ3) is 3.62. The number of hydrogen-bond acceptors (Lipinski definition) is 2. The van der Waals surface area contributed by atoms with Gasteiger partial charge in [-0.3, -0.25) is 4.79 Å². The molecule has 1 atom stereocenters. The summed E-state index contributed by atoms with van der Waals surface area (Å²) in [6, 6.07) is 5.86. The van der Waals surface area contributed by atoms with Gasteiger partial charge in [-0.15, -0.1) is 0 Å². The Morgan fingerprint density at radius 1 is 1.12 bits per heavy atom. The highest BCUT2D eigenvalue weighted by atomic mass is 19.2. The first-order valence-electron chi connectivity index (χ1n) is 7.70. The Kier molecular flexibility index (Phi) is 5.34. The molecule has 0 saturated carbocycles. The first kappa shape index (κ1) is 18.1. The van der Waals surface area contributed by atoms with Gasteiger partial charge in [0.05, 0.1) is 6.42 Å². The van der Waals surface area contributed by atoms with Crippen molar-refractivity contribution in [3.63, 3.8) is 0 Å². The van der Waals surface area contributed by atoms with E-state index < -0.39 is 23.6 Å². The number of halogens is 2. The number of benzene rings is 2. The summed E-state index contributed by atoms with van der Waals surface area (Å²) >= 11 is 0. The van der Waals surface area contributed by atoms with Gasteiger partial charge in [0, 0.05) is 11.6 Å². The van der Waals surface area contributed by atoms with E-state index in [1.165, 1.54) is 13.1 Å². The zero-order chi connectivity index (χ0) is 18.0. The van der Waals surface area contributed by atoms with Gasteiger partial charge in [0.2, 0.25) is 0 Å². The van der Waals surface area contributed by atoms with Gasteiger partial charge < -0.3 is 10.4 Å². The molecule has 2 rings (SSSR count). The zero-order valence-electron chi connectivity index (χ0n) is 14.2. The van der Waals surface area contributed by atoms with Crippen molar-refractivity contribution in [1.82, 2.24) is 5.32 Å². The summed E-state index contributed by atoms with van der Waals surface area (Å²) in [4.78, 5) is 11.0. The number of rotatable bonds is 5. The van der Waals surface area contributed by atoms with Crippen LogP contribution in [0.15, 0.2) is 24.3 Å². The first-order chi connectivity index (χ1) is 11.2. The fraction of sp³-hybridized carbons (Fsp3) is 0.316. The molecule has 0 bridgehead atoms. The van der Waals surface area contributed by atoms with Crippen LogP contribution < -0.4 is 5.32 Å². The van der Waals surface area contributed by atoms with Crippen molar-refractivity contribution in [2.75, 3.05) is 7.05 Å². The van der Waals surface area contributed by atoms with Crippen LogP contribution >= 0.6 is 0 Å². The molecule has 0 aromatic heterocycles. The van der Waals surface area contributed by atoms with E-state index in [4.69, 9.17) is 5.11 Å². The fourth-order valence-electron chi connectivity index (χ4n) is 3.19. The van der Waals surface area contributed by atoms with Crippen LogP contribution in [-0.2, 0) is 4.79 Å². The quantitative estimate of drug-likeness (QED) is 0.858. The van der Waals surface area contributed by atoms with Crippen molar-refractivity contribution >= 4 is 5.97 Å². The standard InChI is InChI=1S/C19H21F2NO2/c1-10-5-11(2)18(12(3)6-10)13-7-14(19(21)15(20)8-13)16(22-4)9-17(23)24/h5-8,16,22H,9H2,1-4H3,(H,23,24). The van der Waals surface area contributed by atoms with E-state index in [0.29, 0.717) is 5.56 Å². The van der Waals surface area contributed by atoms with E-state index in [-0.39, 0.29) is 12.0 Å². The topological polar surface area (TPSA) is 49.3 Å². The lowest BCUT2D eigenvalue weighted by Crippen LogP contribution is -2.21. The summed E-state index contributed by atoms with van der Waals surface area (Å²) in [5.74, 6) is -3.07. The Labute approximate surface area is 140 Å². The second-order valence-electron chi connectivity index (χ2n) is 6.07. The van der Waals surface area contributed by atoms with Crippen molar-refractivity contribution in [2.24, 2.45) is 0 Å². The zero-order valence-corrected chi connectivity index (χ0v) is 14.2. The first-order valence-corrected chi connectivity index (χ1v) is 7.70. The van der Waals surface area contributed by atoms with E-state index in [2.05, 4.69) is 5.32 Å². The van der Waals surface area contributed by atoms with Crippen LogP contribution in [0.3, 0.4) is 0 Å². The lowest BCUT2D eigenvalue weighted by molar-refractivity contribution is -0.137. The summed E-state index contributed by atoms with van der Waals surface area (Å²) in [5, 5.41) is 11.7. The van der Waals surface area contributed by atoms with Gasteiger partial charge in [-0.2, -0.15) is 0 Å². The van der Waals surface area contributed by atoms with E-state index in [1.54, 1.807) is 0 Å². The smallest absolute Gasteiger partial charge is 0.305 e. The second-order valence-corrected chi connectivity index (χ2v) is 6.07. The van der Waals surface area contributed by atoms with Gasteiger partial charge in [-0.25, -0.2) is 8.78 Å². The maximum Gasteiger partial charge on any atom is 0.305 e. The molecule has 0 aliphatic carbocycles. The van der Waals surface area contributed by atoms with Crippen molar-refractivity contribution in [2.45, 2.75) is 33.2 Å². The number of carboxylic acid groups (broad SMARTS) is 1. The molecule has 2 aromatic rings. The molecule has 1 unspecified atom stereocenters. The number of carboxylic acids is 1. The Morgan fingerprint density at radius 3 is 2.21 bits per heavy atom. The largest absolute Gasteiger partial charge is 0.481 e. The van der Waals surface area contributed by atoms with E-state index >= 15 is 0 Å². The Balaban J connectivity index is 2.64. The molecule has 0 fully saturated rings. The van der Waals surface area contributed by atoms with Gasteiger partial charge in [-0.05, 0) is 62.2 Å². The molecule has 0 aliphatic rings. The molecule has 24 heavy (non-hydrogen) atoms. The average Bonchev–Trinajstić information content (AvgIpc) is 2.47. The minimum Gasteiger partial charge on any atom is -0.481 e. The molecule has 128 valence electrons. The van der Waals surface area contributed by atoms with Crippen LogP contribution in [0.5, 0.6) is 0 Å². The van der Waals surface area contributed by atoms with Gasteiger partial charge in [0.15, 0.2) is 11.6 Å². The Hall–Kier alpha value is -2.27. The molecule has 0 heterocycles.